The molecule has 0 fully saturated rings. The van der Waals surface area contributed by atoms with Crippen molar-refractivity contribution in [2.45, 2.75) is 20.0 Å². The third-order valence-electron chi connectivity index (χ3n) is 2.71. The van der Waals surface area contributed by atoms with E-state index in [0.717, 1.165) is 15.6 Å². The van der Waals surface area contributed by atoms with Crippen molar-refractivity contribution in [2.75, 3.05) is 0 Å². The second-order valence-corrected chi connectivity index (χ2v) is 5.82. The normalized spacial score (nSPS) is 12.8. The predicted molar refractivity (Wildman–Crippen MR) is 72.0 cm³/mol. The van der Waals surface area contributed by atoms with Gasteiger partial charge in [-0.3, -0.25) is 0 Å². The fraction of sp³-hybridized carbons (Fsp3) is 0.231. The van der Waals surface area contributed by atoms with E-state index in [1.807, 2.05) is 43.5 Å². The van der Waals surface area contributed by atoms with E-state index in [9.17, 15) is 5.11 Å². The minimum atomic E-state index is -0.525. The van der Waals surface area contributed by atoms with Crippen LogP contribution in [-0.4, -0.2) is 5.11 Å². The van der Waals surface area contributed by atoms with Gasteiger partial charge in [0.15, 0.2) is 0 Å². The number of benzene rings is 1. The molecular weight excluding hydrogens is 284 g/mol. The zero-order valence-electron chi connectivity index (χ0n) is 9.20. The summed E-state index contributed by atoms with van der Waals surface area (Å²) in [4.78, 5) is 1.17. The van der Waals surface area contributed by atoms with Crippen molar-refractivity contribution in [2.24, 2.45) is 0 Å². The van der Waals surface area contributed by atoms with E-state index in [2.05, 4.69) is 15.9 Å². The van der Waals surface area contributed by atoms with Gasteiger partial charge in [-0.1, -0.05) is 28.1 Å². The lowest BCUT2D eigenvalue weighted by atomic mass is 10.0. The molecule has 0 amide bonds. The second-order valence-electron chi connectivity index (χ2n) is 3.84. The van der Waals surface area contributed by atoms with E-state index in [-0.39, 0.29) is 0 Å². The van der Waals surface area contributed by atoms with Crippen molar-refractivity contribution >= 4 is 27.3 Å². The highest BCUT2D eigenvalue weighted by molar-refractivity contribution is 9.10. The molecule has 1 aromatic carbocycles. The van der Waals surface area contributed by atoms with Crippen LogP contribution in [0.3, 0.4) is 0 Å². The Hall–Kier alpha value is -0.640. The molecule has 1 heterocycles. The monoisotopic (exact) mass is 296 g/mol. The Labute approximate surface area is 108 Å². The highest BCUT2D eigenvalue weighted by Crippen LogP contribution is 2.30. The van der Waals surface area contributed by atoms with E-state index in [0.29, 0.717) is 0 Å². The molecule has 3 heteroatoms. The molecule has 0 spiro atoms. The fourth-order valence-electron chi connectivity index (χ4n) is 1.64. The molecule has 16 heavy (non-hydrogen) atoms. The minimum Gasteiger partial charge on any atom is -0.384 e. The van der Waals surface area contributed by atoms with Crippen molar-refractivity contribution in [3.05, 3.63) is 55.7 Å². The first-order chi connectivity index (χ1) is 7.59. The van der Waals surface area contributed by atoms with Crippen LogP contribution in [0.2, 0.25) is 0 Å². The first-order valence-corrected chi connectivity index (χ1v) is 6.75. The number of rotatable bonds is 2. The second kappa shape index (κ2) is 4.70. The van der Waals surface area contributed by atoms with Crippen molar-refractivity contribution in [3.63, 3.8) is 0 Å². The van der Waals surface area contributed by atoms with Crippen LogP contribution in [0.15, 0.2) is 34.1 Å². The Balaban J connectivity index is 2.38. The highest BCUT2D eigenvalue weighted by Gasteiger charge is 2.14. The number of hydrogen-bond donors (Lipinski definition) is 1. The van der Waals surface area contributed by atoms with Crippen LogP contribution >= 0.6 is 27.3 Å². The van der Waals surface area contributed by atoms with E-state index in [1.54, 1.807) is 11.3 Å². The van der Waals surface area contributed by atoms with Gasteiger partial charge >= 0.3 is 0 Å². The molecule has 0 aliphatic carbocycles. The minimum absolute atomic E-state index is 0.525. The average Bonchev–Trinajstić information content (AvgIpc) is 2.67. The van der Waals surface area contributed by atoms with Gasteiger partial charge in [0, 0.05) is 9.35 Å². The molecule has 0 aliphatic heterocycles. The summed E-state index contributed by atoms with van der Waals surface area (Å²) in [6, 6.07) is 7.96. The van der Waals surface area contributed by atoms with Crippen LogP contribution in [0.4, 0.5) is 0 Å². The Bertz CT molecular complexity index is 504. The van der Waals surface area contributed by atoms with Crippen LogP contribution in [0.5, 0.6) is 0 Å². The van der Waals surface area contributed by atoms with Crippen molar-refractivity contribution in [3.8, 4) is 0 Å². The molecule has 2 aromatic rings. The quantitative estimate of drug-likeness (QED) is 0.880. The Morgan fingerprint density at radius 2 is 2.00 bits per heavy atom. The van der Waals surface area contributed by atoms with Crippen LogP contribution in [0.1, 0.15) is 27.7 Å². The van der Waals surface area contributed by atoms with Gasteiger partial charge in [-0.25, -0.2) is 0 Å². The molecule has 1 unspecified atom stereocenters. The largest absolute Gasteiger partial charge is 0.384 e. The lowest BCUT2D eigenvalue weighted by molar-refractivity contribution is 0.220. The Kier molecular flexibility index (Phi) is 3.47. The molecule has 1 aromatic heterocycles. The number of hydrogen-bond acceptors (Lipinski definition) is 2. The summed E-state index contributed by atoms with van der Waals surface area (Å²) in [5.41, 5.74) is 3.11. The first kappa shape index (κ1) is 11.8. The summed E-state index contributed by atoms with van der Waals surface area (Å²) in [6.07, 6.45) is -0.525. The Morgan fingerprint density at radius 1 is 1.25 bits per heavy atom. The van der Waals surface area contributed by atoms with E-state index in [4.69, 9.17) is 0 Å². The van der Waals surface area contributed by atoms with Crippen molar-refractivity contribution in [1.29, 1.82) is 0 Å². The molecule has 0 radical (unpaired) electrons. The van der Waals surface area contributed by atoms with Crippen LogP contribution in [0, 0.1) is 13.8 Å². The van der Waals surface area contributed by atoms with Gasteiger partial charge in [0.05, 0.1) is 0 Å². The fourth-order valence-corrected chi connectivity index (χ4v) is 2.77. The lowest BCUT2D eigenvalue weighted by Gasteiger charge is -2.12. The summed E-state index contributed by atoms with van der Waals surface area (Å²) in [7, 11) is 0. The summed E-state index contributed by atoms with van der Waals surface area (Å²) in [5, 5.41) is 12.3. The smallest absolute Gasteiger partial charge is 0.105 e. The number of aliphatic hydroxyl groups excluding tert-OH is 1. The summed E-state index contributed by atoms with van der Waals surface area (Å²) < 4.78 is 1.04. The van der Waals surface area contributed by atoms with E-state index in [1.165, 1.54) is 10.4 Å². The Morgan fingerprint density at radius 3 is 2.56 bits per heavy atom. The molecule has 0 saturated carbocycles. The predicted octanol–water partition coefficient (Wildman–Crippen LogP) is 4.21. The van der Waals surface area contributed by atoms with Crippen molar-refractivity contribution in [1.82, 2.24) is 0 Å². The lowest BCUT2D eigenvalue weighted by Crippen LogP contribution is -1.99. The van der Waals surface area contributed by atoms with Crippen LogP contribution < -0.4 is 0 Å². The maximum absolute atomic E-state index is 10.3. The summed E-state index contributed by atoms with van der Waals surface area (Å²) in [5.74, 6) is 0. The zero-order valence-corrected chi connectivity index (χ0v) is 11.6. The van der Waals surface area contributed by atoms with E-state index < -0.39 is 6.10 Å². The zero-order chi connectivity index (χ0) is 11.7. The van der Waals surface area contributed by atoms with Gasteiger partial charge in [-0.05, 0) is 48.1 Å². The number of aliphatic hydroxyl groups is 1. The molecule has 1 nitrogen and oxygen atoms in total. The molecular formula is C13H13BrOS. The molecule has 0 saturated heterocycles. The van der Waals surface area contributed by atoms with Gasteiger partial charge < -0.3 is 5.11 Å². The average molecular weight is 297 g/mol. The maximum atomic E-state index is 10.3. The number of aryl methyl sites for hydroxylation is 2. The highest BCUT2D eigenvalue weighted by atomic mass is 79.9. The topological polar surface area (TPSA) is 20.2 Å². The third kappa shape index (κ3) is 2.21. The molecule has 1 N–H and O–H groups in total. The summed E-state index contributed by atoms with van der Waals surface area (Å²) in [6.45, 7) is 4.07. The summed E-state index contributed by atoms with van der Waals surface area (Å²) >= 11 is 5.15. The molecule has 2 rings (SSSR count). The molecule has 0 aliphatic rings. The van der Waals surface area contributed by atoms with E-state index >= 15 is 0 Å². The van der Waals surface area contributed by atoms with Crippen LogP contribution in [-0.2, 0) is 0 Å². The molecule has 1 atom stereocenters. The third-order valence-corrected chi connectivity index (χ3v) is 4.42. The standard InChI is InChI=1S/C13H13BrOS/c1-8-3-4-10(7-12(8)14)13(15)11-5-6-16-9(11)2/h3-7,13,15H,1-2H3. The van der Waals surface area contributed by atoms with Gasteiger partial charge in [-0.15, -0.1) is 11.3 Å². The first-order valence-electron chi connectivity index (χ1n) is 5.07. The maximum Gasteiger partial charge on any atom is 0.105 e. The molecule has 0 bridgehead atoms. The molecule has 84 valence electrons. The van der Waals surface area contributed by atoms with Gasteiger partial charge in [0.25, 0.3) is 0 Å². The van der Waals surface area contributed by atoms with Crippen LogP contribution in [0.25, 0.3) is 0 Å². The van der Waals surface area contributed by atoms with Gasteiger partial charge in [0.1, 0.15) is 6.10 Å². The number of halogens is 1. The van der Waals surface area contributed by atoms with Gasteiger partial charge in [-0.2, -0.15) is 0 Å². The number of thiophene rings is 1. The van der Waals surface area contributed by atoms with Crippen molar-refractivity contribution < 1.29 is 5.11 Å². The van der Waals surface area contributed by atoms with Gasteiger partial charge in [0.2, 0.25) is 0 Å². The SMILES string of the molecule is Cc1ccc(C(O)c2ccsc2C)cc1Br.